The molecule has 0 atom stereocenters. The second kappa shape index (κ2) is 8.01. The van der Waals surface area contributed by atoms with Gasteiger partial charge < -0.3 is 9.15 Å². The van der Waals surface area contributed by atoms with Crippen LogP contribution in [0.3, 0.4) is 0 Å². The second-order valence-electron chi connectivity index (χ2n) is 5.61. The maximum absolute atomic E-state index is 12.2. The molecule has 0 saturated carbocycles. The quantitative estimate of drug-likeness (QED) is 0.483. The van der Waals surface area contributed by atoms with Crippen molar-refractivity contribution < 1.29 is 13.9 Å². The molecule has 26 heavy (non-hydrogen) atoms. The zero-order valence-electron chi connectivity index (χ0n) is 14.3. The first kappa shape index (κ1) is 17.9. The minimum Gasteiger partial charge on any atom is -0.496 e. The van der Waals surface area contributed by atoms with Gasteiger partial charge in [0, 0.05) is 10.0 Å². The standard InChI is InChI=1S/C20H17BrN2O3/c1-13-3-9-17(19(11-13)25-2)20(24)23-22-12-16-8-10-18(26-16)14-4-6-15(21)7-5-14/h3-12H,1-2H3,(H,23,24)/b22-12-. The molecule has 6 heteroatoms. The first-order valence-corrected chi connectivity index (χ1v) is 8.70. The Kier molecular flexibility index (Phi) is 5.53. The smallest absolute Gasteiger partial charge is 0.275 e. The lowest BCUT2D eigenvalue weighted by Gasteiger charge is -2.07. The van der Waals surface area contributed by atoms with Gasteiger partial charge in [-0.25, -0.2) is 5.43 Å². The molecule has 132 valence electrons. The van der Waals surface area contributed by atoms with E-state index in [2.05, 4.69) is 26.5 Å². The highest BCUT2D eigenvalue weighted by Crippen LogP contribution is 2.23. The lowest BCUT2D eigenvalue weighted by molar-refractivity contribution is 0.0952. The Morgan fingerprint density at radius 3 is 2.65 bits per heavy atom. The fourth-order valence-corrected chi connectivity index (χ4v) is 2.66. The third kappa shape index (κ3) is 4.21. The summed E-state index contributed by atoms with van der Waals surface area (Å²) < 4.78 is 12.0. The van der Waals surface area contributed by atoms with E-state index >= 15 is 0 Å². The second-order valence-corrected chi connectivity index (χ2v) is 6.53. The van der Waals surface area contributed by atoms with Crippen LogP contribution in [-0.4, -0.2) is 19.2 Å². The summed E-state index contributed by atoms with van der Waals surface area (Å²) in [5, 5.41) is 3.96. The number of hydrogen-bond donors (Lipinski definition) is 1. The number of amides is 1. The number of carbonyl (C=O) groups is 1. The molecule has 5 nitrogen and oxygen atoms in total. The summed E-state index contributed by atoms with van der Waals surface area (Å²) in [6.07, 6.45) is 1.46. The van der Waals surface area contributed by atoms with Crippen molar-refractivity contribution in [2.45, 2.75) is 6.92 Å². The molecule has 0 aliphatic rings. The first-order chi connectivity index (χ1) is 12.6. The molecular formula is C20H17BrN2O3. The topological polar surface area (TPSA) is 63.8 Å². The number of furan rings is 1. The van der Waals surface area contributed by atoms with E-state index in [1.807, 2.05) is 43.3 Å². The van der Waals surface area contributed by atoms with Crippen LogP contribution in [0.2, 0.25) is 0 Å². The summed E-state index contributed by atoms with van der Waals surface area (Å²) >= 11 is 3.40. The van der Waals surface area contributed by atoms with E-state index in [4.69, 9.17) is 9.15 Å². The average molecular weight is 413 g/mol. The van der Waals surface area contributed by atoms with Gasteiger partial charge in [0.25, 0.3) is 5.91 Å². The van der Waals surface area contributed by atoms with Gasteiger partial charge in [0.05, 0.1) is 18.9 Å². The number of aryl methyl sites for hydroxylation is 1. The first-order valence-electron chi connectivity index (χ1n) is 7.90. The number of halogens is 1. The van der Waals surface area contributed by atoms with Gasteiger partial charge in [0.1, 0.15) is 17.3 Å². The highest BCUT2D eigenvalue weighted by atomic mass is 79.9. The van der Waals surface area contributed by atoms with Crippen LogP contribution >= 0.6 is 15.9 Å². The largest absolute Gasteiger partial charge is 0.496 e. The van der Waals surface area contributed by atoms with Gasteiger partial charge in [-0.2, -0.15) is 5.10 Å². The molecule has 1 heterocycles. The molecule has 0 unspecified atom stereocenters. The van der Waals surface area contributed by atoms with E-state index in [-0.39, 0.29) is 5.91 Å². The van der Waals surface area contributed by atoms with Gasteiger partial charge in [0.15, 0.2) is 0 Å². The van der Waals surface area contributed by atoms with Crippen molar-refractivity contribution in [1.29, 1.82) is 0 Å². The molecule has 1 amide bonds. The Bertz CT molecular complexity index is 946. The number of hydrazone groups is 1. The summed E-state index contributed by atoms with van der Waals surface area (Å²) in [5.74, 6) is 1.43. The lowest BCUT2D eigenvalue weighted by Crippen LogP contribution is -2.18. The number of benzene rings is 2. The highest BCUT2D eigenvalue weighted by molar-refractivity contribution is 9.10. The number of nitrogens with one attached hydrogen (secondary N) is 1. The molecular weight excluding hydrogens is 396 g/mol. The summed E-state index contributed by atoms with van der Waals surface area (Å²) in [6.45, 7) is 1.93. The van der Waals surface area contributed by atoms with E-state index in [0.29, 0.717) is 17.1 Å². The third-order valence-corrected chi connectivity index (χ3v) is 4.24. The van der Waals surface area contributed by atoms with Crippen LogP contribution < -0.4 is 10.2 Å². The van der Waals surface area contributed by atoms with Gasteiger partial charge in [-0.3, -0.25) is 4.79 Å². The molecule has 3 rings (SSSR count). The van der Waals surface area contributed by atoms with Gasteiger partial charge >= 0.3 is 0 Å². The average Bonchev–Trinajstić information content (AvgIpc) is 3.11. The van der Waals surface area contributed by atoms with E-state index in [1.54, 1.807) is 18.2 Å². The number of carbonyl (C=O) groups excluding carboxylic acids is 1. The zero-order chi connectivity index (χ0) is 18.5. The molecule has 2 aromatic carbocycles. The SMILES string of the molecule is COc1cc(C)ccc1C(=O)N/N=C\c1ccc(-c2ccc(Br)cc2)o1. The Balaban J connectivity index is 1.67. The van der Waals surface area contributed by atoms with Gasteiger partial charge in [-0.05, 0) is 48.9 Å². The van der Waals surface area contributed by atoms with Crippen LogP contribution in [0.25, 0.3) is 11.3 Å². The predicted octanol–water partition coefficient (Wildman–Crippen LogP) is 4.79. The number of nitrogens with zero attached hydrogens (tertiary/aromatic N) is 1. The molecule has 0 saturated heterocycles. The van der Waals surface area contributed by atoms with E-state index < -0.39 is 0 Å². The number of methoxy groups -OCH3 is 1. The van der Waals surface area contributed by atoms with Gasteiger partial charge in [-0.1, -0.05) is 34.1 Å². The fraction of sp³-hybridized carbons (Fsp3) is 0.100. The van der Waals surface area contributed by atoms with Crippen LogP contribution in [0.4, 0.5) is 0 Å². The number of ether oxygens (including phenoxy) is 1. The minimum atomic E-state index is -0.349. The molecule has 0 aliphatic carbocycles. The van der Waals surface area contributed by atoms with Crippen molar-refractivity contribution in [1.82, 2.24) is 5.43 Å². The van der Waals surface area contributed by atoms with Gasteiger partial charge in [0.2, 0.25) is 0 Å². The Hall–Kier alpha value is -2.86. The Morgan fingerprint density at radius 2 is 1.92 bits per heavy atom. The molecule has 0 bridgehead atoms. The highest BCUT2D eigenvalue weighted by Gasteiger charge is 2.11. The normalized spacial score (nSPS) is 10.9. The van der Waals surface area contributed by atoms with Crippen molar-refractivity contribution in [2.75, 3.05) is 7.11 Å². The van der Waals surface area contributed by atoms with Crippen molar-refractivity contribution in [3.63, 3.8) is 0 Å². The Labute approximate surface area is 159 Å². The monoisotopic (exact) mass is 412 g/mol. The Morgan fingerprint density at radius 1 is 1.15 bits per heavy atom. The summed E-state index contributed by atoms with van der Waals surface area (Å²) in [4.78, 5) is 12.2. The van der Waals surface area contributed by atoms with Crippen molar-refractivity contribution >= 4 is 28.1 Å². The van der Waals surface area contributed by atoms with Crippen LogP contribution in [0.15, 0.2) is 68.6 Å². The molecule has 0 fully saturated rings. The summed E-state index contributed by atoms with van der Waals surface area (Å²) in [7, 11) is 1.53. The van der Waals surface area contributed by atoms with Crippen molar-refractivity contribution in [3.8, 4) is 17.1 Å². The van der Waals surface area contributed by atoms with Crippen LogP contribution in [0.1, 0.15) is 21.7 Å². The maximum atomic E-state index is 12.2. The molecule has 3 aromatic rings. The van der Waals surface area contributed by atoms with Crippen molar-refractivity contribution in [2.24, 2.45) is 5.10 Å². The molecule has 0 spiro atoms. The van der Waals surface area contributed by atoms with E-state index in [9.17, 15) is 4.79 Å². The molecule has 0 aliphatic heterocycles. The van der Waals surface area contributed by atoms with Crippen LogP contribution in [0.5, 0.6) is 5.75 Å². The minimum absolute atomic E-state index is 0.349. The molecule has 1 N–H and O–H groups in total. The number of rotatable bonds is 5. The van der Waals surface area contributed by atoms with E-state index in [1.165, 1.54) is 13.3 Å². The van der Waals surface area contributed by atoms with Crippen LogP contribution in [-0.2, 0) is 0 Å². The zero-order valence-corrected chi connectivity index (χ0v) is 15.9. The third-order valence-electron chi connectivity index (χ3n) is 3.72. The number of hydrogen-bond acceptors (Lipinski definition) is 4. The van der Waals surface area contributed by atoms with E-state index in [0.717, 1.165) is 21.4 Å². The molecule has 1 aromatic heterocycles. The lowest BCUT2D eigenvalue weighted by atomic mass is 10.1. The summed E-state index contributed by atoms with van der Waals surface area (Å²) in [5.41, 5.74) is 4.88. The maximum Gasteiger partial charge on any atom is 0.275 e. The molecule has 0 radical (unpaired) electrons. The van der Waals surface area contributed by atoms with Crippen molar-refractivity contribution in [3.05, 3.63) is 76.0 Å². The van der Waals surface area contributed by atoms with Crippen LogP contribution in [0, 0.1) is 6.92 Å². The fourth-order valence-electron chi connectivity index (χ4n) is 2.39. The summed E-state index contributed by atoms with van der Waals surface area (Å²) in [6, 6.07) is 16.8. The predicted molar refractivity (Wildman–Crippen MR) is 105 cm³/mol. The van der Waals surface area contributed by atoms with Gasteiger partial charge in [-0.15, -0.1) is 0 Å².